The lowest BCUT2D eigenvalue weighted by atomic mass is 9.79. The van der Waals surface area contributed by atoms with E-state index in [1.165, 1.54) is 11.1 Å². The quantitative estimate of drug-likeness (QED) is 0.753. The molecule has 2 aromatic rings. The number of fused-ring (bicyclic) bond motifs is 1. The number of aromatic nitrogens is 3. The molecule has 0 amide bonds. The van der Waals surface area contributed by atoms with Crippen molar-refractivity contribution in [2.75, 3.05) is 11.9 Å². The number of carboxylic acids is 1. The molecule has 0 unspecified atom stereocenters. The number of aryl methyl sites for hydroxylation is 4. The lowest BCUT2D eigenvalue weighted by molar-refractivity contribution is -0.139. The standard InChI is InChI=1S/C21H28N4O3/c1-14-15(11-16-5-4-10-22-20(16)23-14)6-7-17-24-18(28-25-17)12-21(13-19(26)27)8-2-3-9-21/h11H,2-10,12-13H2,1H3,(H,22,23)(H,26,27). The molecule has 0 saturated heterocycles. The first kappa shape index (κ1) is 18.9. The van der Waals surface area contributed by atoms with Crippen LogP contribution >= 0.6 is 0 Å². The van der Waals surface area contributed by atoms with Crippen molar-refractivity contribution in [1.29, 1.82) is 0 Å². The summed E-state index contributed by atoms with van der Waals surface area (Å²) in [5, 5.41) is 16.8. The van der Waals surface area contributed by atoms with Crippen LogP contribution in [0.4, 0.5) is 5.82 Å². The van der Waals surface area contributed by atoms with Crippen molar-refractivity contribution in [2.45, 2.75) is 71.1 Å². The van der Waals surface area contributed by atoms with Gasteiger partial charge in [0.25, 0.3) is 0 Å². The molecule has 0 spiro atoms. The van der Waals surface area contributed by atoms with Crippen LogP contribution in [0.1, 0.15) is 67.1 Å². The zero-order valence-corrected chi connectivity index (χ0v) is 16.5. The Morgan fingerprint density at radius 1 is 1.25 bits per heavy atom. The smallest absolute Gasteiger partial charge is 0.303 e. The fraction of sp³-hybridized carbons (Fsp3) is 0.619. The molecule has 1 aliphatic heterocycles. The van der Waals surface area contributed by atoms with E-state index in [0.29, 0.717) is 24.6 Å². The van der Waals surface area contributed by atoms with E-state index in [-0.39, 0.29) is 11.8 Å². The average molecular weight is 384 g/mol. The number of hydrogen-bond acceptors (Lipinski definition) is 6. The highest BCUT2D eigenvalue weighted by Crippen LogP contribution is 2.43. The minimum Gasteiger partial charge on any atom is -0.481 e. The number of carboxylic acid groups (broad SMARTS) is 1. The van der Waals surface area contributed by atoms with Gasteiger partial charge in [-0.2, -0.15) is 4.98 Å². The van der Waals surface area contributed by atoms with E-state index in [1.54, 1.807) is 0 Å². The van der Waals surface area contributed by atoms with Gasteiger partial charge in [0.05, 0.1) is 6.42 Å². The van der Waals surface area contributed by atoms with Crippen LogP contribution in [0, 0.1) is 12.3 Å². The van der Waals surface area contributed by atoms with Gasteiger partial charge in [-0.25, -0.2) is 4.98 Å². The number of carbonyl (C=O) groups is 1. The van der Waals surface area contributed by atoms with Gasteiger partial charge in [0, 0.05) is 25.1 Å². The maximum atomic E-state index is 11.3. The zero-order valence-electron chi connectivity index (χ0n) is 16.5. The molecule has 28 heavy (non-hydrogen) atoms. The summed E-state index contributed by atoms with van der Waals surface area (Å²) in [5.74, 6) is 1.54. The van der Waals surface area contributed by atoms with E-state index >= 15 is 0 Å². The predicted octanol–water partition coefficient (Wildman–Crippen LogP) is 3.49. The Labute approximate surface area is 164 Å². The molecule has 3 heterocycles. The van der Waals surface area contributed by atoms with Crippen molar-refractivity contribution in [2.24, 2.45) is 5.41 Å². The van der Waals surface area contributed by atoms with E-state index in [9.17, 15) is 9.90 Å². The number of rotatable bonds is 7. The second-order valence-corrected chi connectivity index (χ2v) is 8.33. The molecule has 1 saturated carbocycles. The second kappa shape index (κ2) is 7.89. The molecule has 1 aliphatic carbocycles. The van der Waals surface area contributed by atoms with Gasteiger partial charge in [0.2, 0.25) is 5.89 Å². The molecule has 2 aliphatic rings. The zero-order chi connectivity index (χ0) is 19.6. The summed E-state index contributed by atoms with van der Waals surface area (Å²) >= 11 is 0. The Morgan fingerprint density at radius 2 is 2.07 bits per heavy atom. The van der Waals surface area contributed by atoms with Gasteiger partial charge in [-0.15, -0.1) is 0 Å². The van der Waals surface area contributed by atoms with E-state index in [0.717, 1.165) is 63.0 Å². The summed E-state index contributed by atoms with van der Waals surface area (Å²) in [4.78, 5) is 20.5. The normalized spacial score (nSPS) is 17.9. The minimum atomic E-state index is -0.744. The summed E-state index contributed by atoms with van der Waals surface area (Å²) in [6, 6.07) is 2.26. The van der Waals surface area contributed by atoms with Crippen LogP contribution < -0.4 is 5.32 Å². The van der Waals surface area contributed by atoms with Crippen LogP contribution in [0.25, 0.3) is 0 Å². The summed E-state index contributed by atoms with van der Waals surface area (Å²) in [7, 11) is 0. The van der Waals surface area contributed by atoms with Gasteiger partial charge in [0.15, 0.2) is 5.82 Å². The predicted molar refractivity (Wildman–Crippen MR) is 104 cm³/mol. The van der Waals surface area contributed by atoms with Crippen LogP contribution in [0.15, 0.2) is 10.6 Å². The highest BCUT2D eigenvalue weighted by molar-refractivity contribution is 5.67. The van der Waals surface area contributed by atoms with Gasteiger partial charge in [-0.1, -0.05) is 24.1 Å². The van der Waals surface area contributed by atoms with E-state index in [2.05, 4.69) is 21.5 Å². The van der Waals surface area contributed by atoms with Crippen LogP contribution in [-0.2, 0) is 30.5 Å². The van der Waals surface area contributed by atoms with Crippen LogP contribution in [0.5, 0.6) is 0 Å². The van der Waals surface area contributed by atoms with Gasteiger partial charge in [0.1, 0.15) is 5.82 Å². The Bertz CT molecular complexity index is 855. The first-order valence-corrected chi connectivity index (χ1v) is 10.3. The fourth-order valence-corrected chi connectivity index (χ4v) is 4.67. The molecule has 2 N–H and O–H groups in total. The average Bonchev–Trinajstić information content (AvgIpc) is 3.29. The first-order chi connectivity index (χ1) is 13.5. The van der Waals surface area contributed by atoms with Crippen LogP contribution in [-0.4, -0.2) is 32.7 Å². The highest BCUT2D eigenvalue weighted by Gasteiger charge is 2.37. The largest absolute Gasteiger partial charge is 0.481 e. The van der Waals surface area contributed by atoms with E-state index in [4.69, 9.17) is 9.51 Å². The lowest BCUT2D eigenvalue weighted by Crippen LogP contribution is -2.24. The number of nitrogens with one attached hydrogen (secondary N) is 1. The Balaban J connectivity index is 1.41. The van der Waals surface area contributed by atoms with Crippen molar-refractivity contribution in [3.63, 3.8) is 0 Å². The fourth-order valence-electron chi connectivity index (χ4n) is 4.67. The molecule has 150 valence electrons. The summed E-state index contributed by atoms with van der Waals surface area (Å²) in [5.41, 5.74) is 3.34. The van der Waals surface area contributed by atoms with Gasteiger partial charge in [-0.3, -0.25) is 4.79 Å². The Kier molecular flexibility index (Phi) is 5.33. The lowest BCUT2D eigenvalue weighted by Gasteiger charge is -2.24. The molecule has 0 radical (unpaired) electrons. The van der Waals surface area contributed by atoms with Gasteiger partial charge in [-0.05, 0) is 55.6 Å². The summed E-state index contributed by atoms with van der Waals surface area (Å²) < 4.78 is 5.46. The monoisotopic (exact) mass is 384 g/mol. The first-order valence-electron chi connectivity index (χ1n) is 10.3. The number of hydrogen-bond donors (Lipinski definition) is 2. The molecule has 1 fully saturated rings. The molecule has 4 rings (SSSR count). The Morgan fingerprint density at radius 3 is 2.86 bits per heavy atom. The van der Waals surface area contributed by atoms with Crippen molar-refractivity contribution in [3.8, 4) is 0 Å². The van der Waals surface area contributed by atoms with Gasteiger partial charge < -0.3 is 14.9 Å². The molecule has 0 aromatic carbocycles. The minimum absolute atomic E-state index is 0.179. The maximum Gasteiger partial charge on any atom is 0.303 e. The number of pyridine rings is 1. The van der Waals surface area contributed by atoms with E-state index < -0.39 is 5.97 Å². The highest BCUT2D eigenvalue weighted by atomic mass is 16.5. The third-order valence-electron chi connectivity index (χ3n) is 6.16. The summed E-state index contributed by atoms with van der Waals surface area (Å²) in [6.07, 6.45) is 8.48. The van der Waals surface area contributed by atoms with Crippen LogP contribution in [0.2, 0.25) is 0 Å². The number of nitrogens with zero attached hydrogens (tertiary/aromatic N) is 3. The van der Waals surface area contributed by atoms with Crippen molar-refractivity contribution in [3.05, 3.63) is 34.6 Å². The molecule has 7 heteroatoms. The number of aliphatic carboxylic acids is 1. The van der Waals surface area contributed by atoms with Crippen molar-refractivity contribution >= 4 is 11.8 Å². The number of anilines is 1. The second-order valence-electron chi connectivity index (χ2n) is 8.33. The topological polar surface area (TPSA) is 101 Å². The molecular formula is C21H28N4O3. The van der Waals surface area contributed by atoms with Crippen molar-refractivity contribution in [1.82, 2.24) is 15.1 Å². The molecule has 0 bridgehead atoms. The molecule has 7 nitrogen and oxygen atoms in total. The summed E-state index contributed by atoms with van der Waals surface area (Å²) in [6.45, 7) is 3.04. The molecule has 2 aromatic heterocycles. The molecular weight excluding hydrogens is 356 g/mol. The third-order valence-corrected chi connectivity index (χ3v) is 6.16. The SMILES string of the molecule is Cc1nc2c(cc1CCc1noc(CC3(CC(=O)O)CCCC3)n1)CCCN2. The third kappa shape index (κ3) is 4.18. The molecule has 0 atom stereocenters. The van der Waals surface area contributed by atoms with Gasteiger partial charge >= 0.3 is 5.97 Å². The Hall–Kier alpha value is -2.44. The van der Waals surface area contributed by atoms with E-state index in [1.807, 2.05) is 6.92 Å². The maximum absolute atomic E-state index is 11.3. The van der Waals surface area contributed by atoms with Crippen molar-refractivity contribution < 1.29 is 14.4 Å². The van der Waals surface area contributed by atoms with Crippen LogP contribution in [0.3, 0.4) is 0 Å².